The summed E-state index contributed by atoms with van der Waals surface area (Å²) >= 11 is 0. The molecule has 1 aromatic rings. The molecule has 0 bridgehead atoms. The van der Waals surface area contributed by atoms with E-state index in [1.54, 1.807) is 0 Å². The maximum Gasteiger partial charge on any atom is 0.0590 e. The van der Waals surface area contributed by atoms with Crippen LogP contribution in [-0.2, 0) is 0 Å². The standard InChI is InChI=1S/C12H17NO/c1-9-2-4-10(5-3-9)11-6-7-13-12(11)8-14/h2-5,11-14H,6-8H2,1H3/t11-,12+/m0/s1. The Labute approximate surface area is 85.0 Å². The Hall–Kier alpha value is -0.860. The highest BCUT2D eigenvalue weighted by molar-refractivity contribution is 5.26. The van der Waals surface area contributed by atoms with Crippen molar-refractivity contribution in [1.82, 2.24) is 5.32 Å². The molecule has 1 aliphatic heterocycles. The minimum atomic E-state index is 0.235. The third-order valence-electron chi connectivity index (χ3n) is 3.05. The van der Waals surface area contributed by atoms with Crippen molar-refractivity contribution in [3.63, 3.8) is 0 Å². The Morgan fingerprint density at radius 1 is 1.36 bits per heavy atom. The van der Waals surface area contributed by atoms with Gasteiger partial charge in [-0.25, -0.2) is 0 Å². The molecule has 0 unspecified atom stereocenters. The first kappa shape index (κ1) is 9.69. The van der Waals surface area contributed by atoms with Crippen molar-refractivity contribution in [1.29, 1.82) is 0 Å². The lowest BCUT2D eigenvalue weighted by Gasteiger charge is -2.17. The number of nitrogens with one attached hydrogen (secondary N) is 1. The van der Waals surface area contributed by atoms with Gasteiger partial charge in [0.05, 0.1) is 6.61 Å². The number of hydrogen-bond acceptors (Lipinski definition) is 2. The molecule has 14 heavy (non-hydrogen) atoms. The molecule has 0 saturated carbocycles. The molecular weight excluding hydrogens is 174 g/mol. The number of aliphatic hydroxyl groups excluding tert-OH is 1. The summed E-state index contributed by atoms with van der Waals surface area (Å²) in [5.41, 5.74) is 2.64. The van der Waals surface area contributed by atoms with E-state index in [1.807, 2.05) is 0 Å². The molecule has 2 heteroatoms. The minimum absolute atomic E-state index is 0.235. The molecule has 2 rings (SSSR count). The van der Waals surface area contributed by atoms with E-state index in [0.29, 0.717) is 5.92 Å². The van der Waals surface area contributed by atoms with Crippen molar-refractivity contribution < 1.29 is 5.11 Å². The van der Waals surface area contributed by atoms with Gasteiger partial charge in [0.2, 0.25) is 0 Å². The summed E-state index contributed by atoms with van der Waals surface area (Å²) in [6.45, 7) is 3.35. The second-order valence-electron chi connectivity index (χ2n) is 4.05. The van der Waals surface area contributed by atoms with Crippen LogP contribution in [0, 0.1) is 6.92 Å². The SMILES string of the molecule is Cc1ccc([C@@H]2CCN[C@@H]2CO)cc1. The molecule has 2 atom stereocenters. The molecule has 0 amide bonds. The van der Waals surface area contributed by atoms with E-state index in [-0.39, 0.29) is 12.6 Å². The Bertz CT molecular complexity index is 294. The normalized spacial score (nSPS) is 26.7. The maximum atomic E-state index is 9.19. The lowest BCUT2D eigenvalue weighted by Crippen LogP contribution is -2.29. The summed E-state index contributed by atoms with van der Waals surface area (Å²) in [5, 5.41) is 12.5. The van der Waals surface area contributed by atoms with Gasteiger partial charge >= 0.3 is 0 Å². The first-order chi connectivity index (χ1) is 6.81. The number of hydrogen-bond donors (Lipinski definition) is 2. The van der Waals surface area contributed by atoms with E-state index >= 15 is 0 Å². The van der Waals surface area contributed by atoms with Gasteiger partial charge in [0.25, 0.3) is 0 Å². The van der Waals surface area contributed by atoms with Gasteiger partial charge < -0.3 is 10.4 Å². The van der Waals surface area contributed by atoms with Crippen molar-refractivity contribution >= 4 is 0 Å². The first-order valence-corrected chi connectivity index (χ1v) is 5.22. The number of benzene rings is 1. The van der Waals surface area contributed by atoms with E-state index in [0.717, 1.165) is 13.0 Å². The van der Waals surface area contributed by atoms with Gasteiger partial charge in [0.1, 0.15) is 0 Å². The van der Waals surface area contributed by atoms with Crippen molar-refractivity contribution in [2.75, 3.05) is 13.2 Å². The smallest absolute Gasteiger partial charge is 0.0590 e. The molecule has 0 radical (unpaired) electrons. The quantitative estimate of drug-likeness (QED) is 0.741. The van der Waals surface area contributed by atoms with E-state index < -0.39 is 0 Å². The van der Waals surface area contributed by atoms with Crippen LogP contribution in [0.2, 0.25) is 0 Å². The van der Waals surface area contributed by atoms with Crippen molar-refractivity contribution in [3.05, 3.63) is 35.4 Å². The summed E-state index contributed by atoms with van der Waals surface area (Å²) < 4.78 is 0. The van der Waals surface area contributed by atoms with Crippen LogP contribution < -0.4 is 5.32 Å². The van der Waals surface area contributed by atoms with Crippen LogP contribution in [-0.4, -0.2) is 24.3 Å². The Kier molecular flexibility index (Phi) is 2.85. The molecule has 2 nitrogen and oxygen atoms in total. The zero-order valence-corrected chi connectivity index (χ0v) is 8.53. The van der Waals surface area contributed by atoms with E-state index in [1.165, 1.54) is 11.1 Å². The van der Waals surface area contributed by atoms with Gasteiger partial charge in [-0.1, -0.05) is 29.8 Å². The summed E-state index contributed by atoms with van der Waals surface area (Å²) in [5.74, 6) is 0.487. The third-order valence-corrected chi connectivity index (χ3v) is 3.05. The fourth-order valence-corrected chi connectivity index (χ4v) is 2.17. The third kappa shape index (κ3) is 1.81. The molecule has 0 aliphatic carbocycles. The molecule has 1 aliphatic rings. The number of rotatable bonds is 2. The summed E-state index contributed by atoms with van der Waals surface area (Å²) in [6, 6.07) is 8.88. The predicted molar refractivity (Wildman–Crippen MR) is 57.4 cm³/mol. The molecule has 1 saturated heterocycles. The van der Waals surface area contributed by atoms with Crippen LogP contribution in [0.3, 0.4) is 0 Å². The van der Waals surface area contributed by atoms with Gasteiger partial charge in [-0.15, -0.1) is 0 Å². The van der Waals surface area contributed by atoms with E-state index in [2.05, 4.69) is 36.5 Å². The average Bonchev–Trinajstić information content (AvgIpc) is 2.67. The van der Waals surface area contributed by atoms with Crippen LogP contribution >= 0.6 is 0 Å². The second kappa shape index (κ2) is 4.11. The fraction of sp³-hybridized carbons (Fsp3) is 0.500. The number of aliphatic hydroxyl groups is 1. The topological polar surface area (TPSA) is 32.3 Å². The average molecular weight is 191 g/mol. The molecule has 0 spiro atoms. The zero-order valence-electron chi connectivity index (χ0n) is 8.53. The van der Waals surface area contributed by atoms with Crippen LogP contribution in [0.15, 0.2) is 24.3 Å². The summed E-state index contributed by atoms with van der Waals surface area (Å²) in [7, 11) is 0. The lowest BCUT2D eigenvalue weighted by atomic mass is 9.92. The molecular formula is C12H17NO. The van der Waals surface area contributed by atoms with Crippen LogP contribution in [0.1, 0.15) is 23.5 Å². The zero-order chi connectivity index (χ0) is 9.97. The molecule has 0 aromatic heterocycles. The Morgan fingerprint density at radius 3 is 2.71 bits per heavy atom. The Balaban J connectivity index is 2.17. The molecule has 76 valence electrons. The van der Waals surface area contributed by atoms with E-state index in [4.69, 9.17) is 0 Å². The minimum Gasteiger partial charge on any atom is -0.395 e. The van der Waals surface area contributed by atoms with E-state index in [9.17, 15) is 5.11 Å². The maximum absolute atomic E-state index is 9.19. The van der Waals surface area contributed by atoms with Crippen LogP contribution in [0.5, 0.6) is 0 Å². The van der Waals surface area contributed by atoms with Gasteiger partial charge in [-0.3, -0.25) is 0 Å². The van der Waals surface area contributed by atoms with Gasteiger partial charge in [0, 0.05) is 12.0 Å². The highest BCUT2D eigenvalue weighted by atomic mass is 16.3. The number of aryl methyl sites for hydroxylation is 1. The van der Waals surface area contributed by atoms with Crippen molar-refractivity contribution in [2.24, 2.45) is 0 Å². The highest BCUT2D eigenvalue weighted by Crippen LogP contribution is 2.27. The first-order valence-electron chi connectivity index (χ1n) is 5.22. The van der Waals surface area contributed by atoms with Crippen molar-refractivity contribution in [3.8, 4) is 0 Å². The van der Waals surface area contributed by atoms with Crippen molar-refractivity contribution in [2.45, 2.75) is 25.3 Å². The molecule has 1 fully saturated rings. The van der Waals surface area contributed by atoms with Gasteiger partial charge in [0.15, 0.2) is 0 Å². The van der Waals surface area contributed by atoms with Crippen LogP contribution in [0.4, 0.5) is 0 Å². The van der Waals surface area contributed by atoms with Gasteiger partial charge in [-0.05, 0) is 25.5 Å². The molecule has 1 heterocycles. The molecule has 1 aromatic carbocycles. The predicted octanol–water partition coefficient (Wildman–Crippen LogP) is 1.43. The summed E-state index contributed by atoms with van der Waals surface area (Å²) in [4.78, 5) is 0. The lowest BCUT2D eigenvalue weighted by molar-refractivity contribution is 0.245. The largest absolute Gasteiger partial charge is 0.395 e. The fourth-order valence-electron chi connectivity index (χ4n) is 2.17. The summed E-state index contributed by atoms with van der Waals surface area (Å²) in [6.07, 6.45) is 1.13. The Morgan fingerprint density at radius 2 is 2.07 bits per heavy atom. The van der Waals surface area contributed by atoms with Crippen LogP contribution in [0.25, 0.3) is 0 Å². The highest BCUT2D eigenvalue weighted by Gasteiger charge is 2.26. The second-order valence-corrected chi connectivity index (χ2v) is 4.05. The molecule has 2 N–H and O–H groups in total. The van der Waals surface area contributed by atoms with Gasteiger partial charge in [-0.2, -0.15) is 0 Å². The monoisotopic (exact) mass is 191 g/mol.